The number of aliphatic hydroxyl groups excluding tert-OH is 4. The van der Waals surface area contributed by atoms with E-state index in [1.165, 1.54) is 24.3 Å². The Morgan fingerprint density at radius 1 is 0.542 bits per heavy atom. The number of aliphatic hydroxyl groups is 4. The van der Waals surface area contributed by atoms with Gasteiger partial charge in [-0.25, -0.2) is 0 Å². The Kier molecular flexibility index (Phi) is 25.2. The fourth-order valence-electron chi connectivity index (χ4n) is 11.3. The number of benzene rings is 4. The Balaban J connectivity index is 1.06. The summed E-state index contributed by atoms with van der Waals surface area (Å²) in [7, 11) is 0. The summed E-state index contributed by atoms with van der Waals surface area (Å²) in [6.07, 6.45) is -4.21. The summed E-state index contributed by atoms with van der Waals surface area (Å²) in [5.41, 5.74) is 21.8. The van der Waals surface area contributed by atoms with Crippen LogP contribution in [0.2, 0.25) is 0 Å². The molecule has 4 heterocycles. The van der Waals surface area contributed by atoms with Crippen molar-refractivity contribution < 1.29 is 83.3 Å². The number of aromatic amines is 3. The van der Waals surface area contributed by atoms with Crippen molar-refractivity contribution in [1.82, 2.24) is 52.2 Å². The van der Waals surface area contributed by atoms with Crippen LogP contribution >= 0.6 is 0 Å². The predicted octanol–water partition coefficient (Wildman–Crippen LogP) is -1.61. The molecule has 7 aromatic rings. The van der Waals surface area contributed by atoms with E-state index < -0.39 is 158 Å². The zero-order valence-electron chi connectivity index (χ0n) is 52.7. The van der Waals surface area contributed by atoms with E-state index in [9.17, 15) is 59.4 Å². The minimum atomic E-state index is -1.94. The molecule has 1 aliphatic heterocycles. The van der Waals surface area contributed by atoms with Crippen LogP contribution in [0.25, 0.3) is 32.7 Å². The number of phenolic OH excluding ortho intramolecular Hbond substituents is 1. The van der Waals surface area contributed by atoms with Gasteiger partial charge in [-0.1, -0.05) is 80.6 Å². The number of primary amides is 1. The molecule has 1 fully saturated rings. The van der Waals surface area contributed by atoms with E-state index in [0.717, 1.165) is 16.4 Å². The maximum Gasteiger partial charge on any atom is 0.305 e. The topological polar surface area (TPSA) is 503 Å². The summed E-state index contributed by atoms with van der Waals surface area (Å²) in [5, 5.41) is 81.2. The van der Waals surface area contributed by atoms with Gasteiger partial charge >= 0.3 is 5.97 Å². The van der Waals surface area contributed by atoms with Crippen LogP contribution < -0.4 is 54.4 Å². The third kappa shape index (κ3) is 18.8. The average molecular weight is 1330 g/mol. The van der Waals surface area contributed by atoms with Crippen LogP contribution in [0.5, 0.6) is 5.75 Å². The Labute approximate surface area is 550 Å². The SMILES string of the molecule is CC(C)[C@H](NC(=O)[C@@H](Cc1c[nH]c2ccccc12)NC(=O)[C@H](Cc1ccc(O)cc1)NC(=O)[C@H](CC(=O)O)NC(=O)[C@@H](N)COC1O[C@H](CO)[C@@H](O)[C@H](O)[C@H]1O)C(=O)N[C@H](Cc1c[nH]c2ccccc12)C(=O)N[C@H](Cc1c[nH]c2ccccc12)C(=O)N[C@@H](CCCCN)C(N)=O. The number of rotatable bonds is 34. The molecule has 0 radical (unpaired) electrons. The highest BCUT2D eigenvalue weighted by Crippen LogP contribution is 2.25. The number of carbonyl (C=O) groups is 9. The van der Waals surface area contributed by atoms with Gasteiger partial charge in [-0.15, -0.1) is 0 Å². The molecular formula is C66H83N13O17. The van der Waals surface area contributed by atoms with Crippen molar-refractivity contribution >= 4 is 85.9 Å². The molecule has 4 aromatic carbocycles. The molecule has 0 saturated carbocycles. The van der Waals surface area contributed by atoms with Gasteiger partial charge in [0, 0.05) is 77.0 Å². The molecule has 22 N–H and O–H groups in total. The molecule has 30 heteroatoms. The van der Waals surface area contributed by atoms with Crippen LogP contribution in [0.1, 0.15) is 61.8 Å². The van der Waals surface area contributed by atoms with Crippen molar-refractivity contribution in [3.63, 3.8) is 0 Å². The van der Waals surface area contributed by atoms with E-state index in [2.05, 4.69) is 52.2 Å². The van der Waals surface area contributed by atoms with Gasteiger partial charge in [-0.05, 0) is 84.3 Å². The Bertz CT molecular complexity index is 3850. The number of para-hydroxylation sites is 3. The lowest BCUT2D eigenvalue weighted by Crippen LogP contribution is -2.62. The van der Waals surface area contributed by atoms with Crippen LogP contribution in [-0.2, 0) is 78.3 Å². The quantitative estimate of drug-likeness (QED) is 0.0202. The number of aliphatic carboxylic acids is 1. The predicted molar refractivity (Wildman–Crippen MR) is 348 cm³/mol. The first kappa shape index (κ1) is 72.0. The summed E-state index contributed by atoms with van der Waals surface area (Å²) in [4.78, 5) is 137. The minimum absolute atomic E-state index is 0.0825. The number of aromatic hydroxyl groups is 1. The van der Waals surface area contributed by atoms with E-state index in [-0.39, 0.29) is 37.9 Å². The van der Waals surface area contributed by atoms with Gasteiger partial charge in [0.15, 0.2) is 6.29 Å². The molecule has 1 unspecified atom stereocenters. The zero-order chi connectivity index (χ0) is 69.3. The van der Waals surface area contributed by atoms with Crippen LogP contribution in [0.3, 0.4) is 0 Å². The molecule has 13 atom stereocenters. The number of ether oxygens (including phenoxy) is 2. The van der Waals surface area contributed by atoms with E-state index in [1.807, 2.05) is 42.5 Å². The van der Waals surface area contributed by atoms with Gasteiger partial charge < -0.3 is 109 Å². The molecular weight excluding hydrogens is 1250 g/mol. The number of nitrogens with one attached hydrogen (secondary N) is 10. The third-order valence-electron chi connectivity index (χ3n) is 16.7. The monoisotopic (exact) mass is 1330 g/mol. The maximum absolute atomic E-state index is 15.2. The zero-order valence-corrected chi connectivity index (χ0v) is 52.7. The number of fused-ring (bicyclic) bond motifs is 3. The third-order valence-corrected chi connectivity index (χ3v) is 16.7. The number of unbranched alkanes of at least 4 members (excludes halogenated alkanes) is 1. The van der Waals surface area contributed by atoms with E-state index in [4.69, 9.17) is 26.7 Å². The summed E-state index contributed by atoms with van der Waals surface area (Å²) in [6, 6.07) is 14.9. The standard InChI is InChI=1S/C66H83N13O17/c1-33(2)54(65(94)78-49(25-36-29-71-44-15-7-4-12-40(36)44)62(91)76-48(24-35-28-70-43-14-6-3-11-39(35)43)61(90)73-46(58(69)87)17-9-10-22-67)79-64(93)50(26-37-30-72-45-16-8-5-13-41(37)45)77-60(89)47(23-34-18-20-38(81)21-19-34)75-63(92)51(27-53(82)83)74-59(88)42(68)32-95-66-57(86)56(85)55(84)52(31-80)96-66/h3-8,11-16,18-21,28-30,33,42,46-52,54-57,66,70-72,80-81,84-86H,9-10,17,22-27,31-32,67-68H2,1-2H3,(H2,69,87)(H,73,90)(H,74,88)(H,75,92)(H,76,91)(H,77,89)(H,78,94)(H,79,93)(H,82,83)/t42-,46-,47-,48+,49+,50+,51-,52+,54-,55+,56-,57+,66?/m0/s1. The smallest absolute Gasteiger partial charge is 0.305 e. The second kappa shape index (κ2) is 33.5. The number of carboxylic acid groups (broad SMARTS) is 1. The lowest BCUT2D eigenvalue weighted by atomic mass is 9.98. The molecule has 514 valence electrons. The average Bonchev–Trinajstić information content (AvgIpc) is 1.68. The van der Waals surface area contributed by atoms with Gasteiger partial charge in [0.2, 0.25) is 47.3 Å². The van der Waals surface area contributed by atoms with E-state index in [1.54, 1.807) is 62.8 Å². The highest BCUT2D eigenvalue weighted by atomic mass is 16.7. The number of phenols is 1. The fraction of sp³-hybridized carbons (Fsp3) is 0.409. The van der Waals surface area contributed by atoms with Crippen molar-refractivity contribution in [3.05, 3.63) is 138 Å². The molecule has 1 saturated heterocycles. The Hall–Kier alpha value is -9.79. The van der Waals surface area contributed by atoms with Crippen molar-refractivity contribution in [2.24, 2.45) is 23.1 Å². The molecule has 1 aliphatic rings. The summed E-state index contributed by atoms with van der Waals surface area (Å²) < 4.78 is 10.7. The normalized spacial score (nSPS) is 18.8. The van der Waals surface area contributed by atoms with Gasteiger partial charge in [-0.2, -0.15) is 0 Å². The van der Waals surface area contributed by atoms with Crippen LogP contribution in [0, 0.1) is 5.92 Å². The van der Waals surface area contributed by atoms with Crippen molar-refractivity contribution in [2.45, 2.75) is 144 Å². The van der Waals surface area contributed by atoms with Crippen LogP contribution in [0.15, 0.2) is 116 Å². The Morgan fingerprint density at radius 2 is 0.969 bits per heavy atom. The maximum atomic E-state index is 15.2. The number of hydrogen-bond donors (Lipinski definition) is 19. The van der Waals surface area contributed by atoms with Gasteiger partial charge in [-0.3, -0.25) is 43.2 Å². The number of hydrogen-bond acceptors (Lipinski definition) is 18. The van der Waals surface area contributed by atoms with Crippen molar-refractivity contribution in [2.75, 3.05) is 19.8 Å². The first-order chi connectivity index (χ1) is 45.9. The Morgan fingerprint density at radius 3 is 1.42 bits per heavy atom. The summed E-state index contributed by atoms with van der Waals surface area (Å²) >= 11 is 0. The number of H-pyrrole nitrogens is 3. The highest BCUT2D eigenvalue weighted by molar-refractivity contribution is 6.00. The van der Waals surface area contributed by atoms with E-state index in [0.29, 0.717) is 57.9 Å². The molecule has 0 spiro atoms. The number of carbonyl (C=O) groups excluding carboxylic acids is 8. The summed E-state index contributed by atoms with van der Waals surface area (Å²) in [5.74, 6) is -10.00. The summed E-state index contributed by atoms with van der Waals surface area (Å²) in [6.45, 7) is 2.04. The second-order valence-corrected chi connectivity index (χ2v) is 24.1. The second-order valence-electron chi connectivity index (χ2n) is 24.1. The molecule has 30 nitrogen and oxygen atoms in total. The van der Waals surface area contributed by atoms with Crippen molar-refractivity contribution in [3.8, 4) is 5.75 Å². The molecule has 0 aliphatic carbocycles. The largest absolute Gasteiger partial charge is 0.508 e. The number of aromatic nitrogens is 3. The number of amides is 8. The highest BCUT2D eigenvalue weighted by Gasteiger charge is 2.45. The molecule has 96 heavy (non-hydrogen) atoms. The molecule has 8 rings (SSSR count). The fourth-order valence-corrected chi connectivity index (χ4v) is 11.3. The van der Waals surface area contributed by atoms with Gasteiger partial charge in [0.25, 0.3) is 0 Å². The van der Waals surface area contributed by atoms with Gasteiger partial charge in [0.05, 0.1) is 19.6 Å². The molecule has 0 bridgehead atoms. The lowest BCUT2D eigenvalue weighted by molar-refractivity contribution is -0.301. The van der Waals surface area contributed by atoms with Crippen molar-refractivity contribution in [1.29, 1.82) is 0 Å². The van der Waals surface area contributed by atoms with E-state index >= 15 is 14.4 Å². The lowest BCUT2D eigenvalue weighted by Gasteiger charge is -2.39. The number of carboxylic acids is 1. The molecule has 3 aromatic heterocycles. The minimum Gasteiger partial charge on any atom is -0.508 e. The van der Waals surface area contributed by atoms with Crippen LogP contribution in [0.4, 0.5) is 0 Å². The van der Waals surface area contributed by atoms with Gasteiger partial charge in [0.1, 0.15) is 78.5 Å². The first-order valence-electron chi connectivity index (χ1n) is 31.4. The molecule has 8 amide bonds. The van der Waals surface area contributed by atoms with Crippen LogP contribution in [-0.4, -0.2) is 198 Å². The first-order valence-corrected chi connectivity index (χ1v) is 31.4. The number of nitrogens with two attached hydrogens (primary N) is 3.